The maximum Gasteiger partial charge on any atom is 0.170 e. The van der Waals surface area contributed by atoms with Crippen molar-refractivity contribution in [3.05, 3.63) is 47.0 Å². The Hall–Kier alpha value is -1.59. The average Bonchev–Trinajstić information content (AvgIpc) is 2.50. The van der Waals surface area contributed by atoms with Crippen molar-refractivity contribution in [2.24, 2.45) is 5.73 Å². The van der Waals surface area contributed by atoms with E-state index in [0.29, 0.717) is 6.54 Å². The molecule has 0 amide bonds. The fourth-order valence-electron chi connectivity index (χ4n) is 2.56. The number of aryl methyl sites for hydroxylation is 2. The Morgan fingerprint density at radius 2 is 1.95 bits per heavy atom. The number of hydrogen-bond acceptors (Lipinski definition) is 5. The highest BCUT2D eigenvalue weighted by Crippen LogP contribution is 2.39. The third-order valence-corrected chi connectivity index (χ3v) is 4.75. The molecule has 2 heterocycles. The number of rotatable bonds is 3. The molecule has 1 aromatic heterocycles. The molecule has 0 saturated heterocycles. The van der Waals surface area contributed by atoms with Crippen LogP contribution in [-0.2, 0) is 6.42 Å². The minimum Gasteiger partial charge on any atom is -0.480 e. The maximum absolute atomic E-state index is 6.06. The van der Waals surface area contributed by atoms with Crippen LogP contribution in [0, 0.1) is 13.8 Å². The average molecular weight is 301 g/mol. The first-order chi connectivity index (χ1) is 10.2. The van der Waals surface area contributed by atoms with Crippen LogP contribution in [0.4, 0.5) is 0 Å². The second-order valence-corrected chi connectivity index (χ2v) is 6.20. The van der Waals surface area contributed by atoms with Gasteiger partial charge in [-0.15, -0.1) is 11.8 Å². The van der Waals surface area contributed by atoms with E-state index in [1.54, 1.807) is 11.8 Å². The lowest BCUT2D eigenvalue weighted by atomic mass is 10.1. The summed E-state index contributed by atoms with van der Waals surface area (Å²) < 4.78 is 6.06. The zero-order chi connectivity index (χ0) is 14.8. The Labute approximate surface area is 129 Å². The van der Waals surface area contributed by atoms with Crippen molar-refractivity contribution >= 4 is 11.8 Å². The summed E-state index contributed by atoms with van der Waals surface area (Å²) in [6.07, 6.45) is 0.732. The van der Waals surface area contributed by atoms with Gasteiger partial charge in [-0.05, 0) is 44.5 Å². The Morgan fingerprint density at radius 1 is 1.24 bits per heavy atom. The molecule has 5 heteroatoms. The number of nitrogens with zero attached hydrogens (tertiary/aromatic N) is 2. The molecule has 0 spiro atoms. The molecule has 3 rings (SSSR count). The van der Waals surface area contributed by atoms with Crippen molar-refractivity contribution < 1.29 is 4.74 Å². The normalized spacial score (nSPS) is 17.2. The van der Waals surface area contributed by atoms with Gasteiger partial charge in [-0.1, -0.05) is 12.1 Å². The van der Waals surface area contributed by atoms with Crippen LogP contribution in [0.3, 0.4) is 0 Å². The summed E-state index contributed by atoms with van der Waals surface area (Å²) in [6.45, 7) is 4.66. The second kappa shape index (κ2) is 6.03. The zero-order valence-electron chi connectivity index (χ0n) is 12.3. The molecule has 1 aliphatic rings. The number of nitrogens with two attached hydrogens (primary N) is 1. The van der Waals surface area contributed by atoms with Crippen LogP contribution >= 0.6 is 11.8 Å². The van der Waals surface area contributed by atoms with Gasteiger partial charge in [0, 0.05) is 22.0 Å². The molecule has 2 aromatic rings. The van der Waals surface area contributed by atoms with Crippen molar-refractivity contribution in [3.63, 3.8) is 0 Å². The van der Waals surface area contributed by atoms with Gasteiger partial charge >= 0.3 is 0 Å². The highest BCUT2D eigenvalue weighted by atomic mass is 32.2. The van der Waals surface area contributed by atoms with Crippen molar-refractivity contribution in [1.82, 2.24) is 9.97 Å². The van der Waals surface area contributed by atoms with Crippen molar-refractivity contribution in [2.45, 2.75) is 31.3 Å². The smallest absolute Gasteiger partial charge is 0.170 e. The molecule has 0 fully saturated rings. The Bertz CT molecular complexity index is 637. The van der Waals surface area contributed by atoms with Crippen LogP contribution in [0.2, 0.25) is 0 Å². The first-order valence-corrected chi connectivity index (χ1v) is 8.10. The third-order valence-electron chi connectivity index (χ3n) is 3.63. The summed E-state index contributed by atoms with van der Waals surface area (Å²) in [5.74, 6) is 2.53. The zero-order valence-corrected chi connectivity index (χ0v) is 13.1. The molecule has 0 radical (unpaired) electrons. The van der Waals surface area contributed by atoms with Gasteiger partial charge in [0.15, 0.2) is 11.9 Å². The molecule has 1 aromatic carbocycles. The van der Waals surface area contributed by atoms with E-state index in [1.807, 2.05) is 32.0 Å². The number of hydrogen-bond donors (Lipinski definition) is 1. The fraction of sp³-hybridized carbons (Fsp3) is 0.375. The second-order valence-electron chi connectivity index (χ2n) is 5.13. The first kappa shape index (κ1) is 14.4. The van der Waals surface area contributed by atoms with Gasteiger partial charge in [0.2, 0.25) is 0 Å². The molecule has 1 unspecified atom stereocenters. The summed E-state index contributed by atoms with van der Waals surface area (Å²) >= 11 is 1.79. The van der Waals surface area contributed by atoms with Gasteiger partial charge in [0.1, 0.15) is 5.75 Å². The van der Waals surface area contributed by atoms with Crippen LogP contribution in [0.15, 0.2) is 29.2 Å². The summed E-state index contributed by atoms with van der Waals surface area (Å²) in [7, 11) is 0. The summed E-state index contributed by atoms with van der Waals surface area (Å²) in [4.78, 5) is 10.5. The van der Waals surface area contributed by atoms with Gasteiger partial charge in [0.05, 0.1) is 0 Å². The van der Waals surface area contributed by atoms with Gasteiger partial charge < -0.3 is 10.5 Å². The predicted octanol–water partition coefficient (Wildman–Crippen LogP) is 2.82. The maximum atomic E-state index is 6.06. The standard InChI is InChI=1S/C16H19N3OS/c1-10-12(7-8-17)11(2)19-16(18-10)14-9-21-15-6-4-3-5-13(15)20-14/h3-6,14H,7-9,17H2,1-2H3. The number of ether oxygens (including phenoxy) is 1. The highest BCUT2D eigenvalue weighted by Gasteiger charge is 2.25. The predicted molar refractivity (Wildman–Crippen MR) is 84.8 cm³/mol. The number of benzene rings is 1. The lowest BCUT2D eigenvalue weighted by Crippen LogP contribution is -2.20. The molecular weight excluding hydrogens is 282 g/mol. The summed E-state index contributed by atoms with van der Waals surface area (Å²) in [5, 5.41) is 0. The van der Waals surface area contributed by atoms with E-state index >= 15 is 0 Å². The Morgan fingerprint density at radius 3 is 2.67 bits per heavy atom. The topological polar surface area (TPSA) is 61.0 Å². The molecule has 0 aliphatic carbocycles. The number of thioether (sulfide) groups is 1. The van der Waals surface area contributed by atoms with Crippen molar-refractivity contribution in [2.75, 3.05) is 12.3 Å². The van der Waals surface area contributed by atoms with E-state index < -0.39 is 0 Å². The van der Waals surface area contributed by atoms with Gasteiger partial charge in [0.25, 0.3) is 0 Å². The summed E-state index contributed by atoms with van der Waals surface area (Å²) in [6, 6.07) is 8.10. The molecule has 21 heavy (non-hydrogen) atoms. The van der Waals surface area contributed by atoms with Gasteiger partial charge in [-0.25, -0.2) is 9.97 Å². The van der Waals surface area contributed by atoms with Crippen LogP contribution in [-0.4, -0.2) is 22.3 Å². The number of aromatic nitrogens is 2. The SMILES string of the molecule is Cc1nc(C2CSc3ccccc3O2)nc(C)c1CCN. The van der Waals surface area contributed by atoms with Gasteiger partial charge in [-0.2, -0.15) is 0 Å². The lowest BCUT2D eigenvalue weighted by molar-refractivity contribution is 0.209. The van der Waals surface area contributed by atoms with Gasteiger partial charge in [-0.3, -0.25) is 0 Å². The quantitative estimate of drug-likeness (QED) is 0.944. The fourth-order valence-corrected chi connectivity index (χ4v) is 3.54. The highest BCUT2D eigenvalue weighted by molar-refractivity contribution is 7.99. The van der Waals surface area contributed by atoms with E-state index in [0.717, 1.165) is 40.7 Å². The number of fused-ring (bicyclic) bond motifs is 1. The van der Waals surface area contributed by atoms with E-state index in [2.05, 4.69) is 16.0 Å². The minimum absolute atomic E-state index is 0.0887. The van der Waals surface area contributed by atoms with Crippen LogP contribution in [0.1, 0.15) is 28.9 Å². The largest absolute Gasteiger partial charge is 0.480 e. The molecule has 0 bridgehead atoms. The molecular formula is C16H19N3OS. The molecule has 0 saturated carbocycles. The molecule has 1 aliphatic heterocycles. The molecule has 110 valence electrons. The van der Waals surface area contributed by atoms with E-state index in [-0.39, 0.29) is 6.10 Å². The molecule has 1 atom stereocenters. The third kappa shape index (κ3) is 2.89. The first-order valence-electron chi connectivity index (χ1n) is 7.11. The lowest BCUT2D eigenvalue weighted by Gasteiger charge is -2.25. The summed E-state index contributed by atoms with van der Waals surface area (Å²) in [5.41, 5.74) is 8.83. The number of para-hydroxylation sites is 1. The van der Waals surface area contributed by atoms with Crippen LogP contribution < -0.4 is 10.5 Å². The molecule has 2 N–H and O–H groups in total. The Kier molecular flexibility index (Phi) is 4.12. The van der Waals surface area contributed by atoms with Crippen LogP contribution in [0.25, 0.3) is 0 Å². The minimum atomic E-state index is -0.0887. The van der Waals surface area contributed by atoms with Crippen LogP contribution in [0.5, 0.6) is 5.75 Å². The monoisotopic (exact) mass is 301 g/mol. The van der Waals surface area contributed by atoms with Crippen molar-refractivity contribution in [1.29, 1.82) is 0 Å². The van der Waals surface area contributed by atoms with Crippen molar-refractivity contribution in [3.8, 4) is 5.75 Å². The van der Waals surface area contributed by atoms with E-state index in [9.17, 15) is 0 Å². The Balaban J connectivity index is 1.89. The molecule has 4 nitrogen and oxygen atoms in total. The van der Waals surface area contributed by atoms with E-state index in [4.69, 9.17) is 10.5 Å². The van der Waals surface area contributed by atoms with E-state index in [1.165, 1.54) is 4.90 Å².